The van der Waals surface area contributed by atoms with Gasteiger partial charge in [0.25, 0.3) is 5.91 Å². The molecular weight excluding hydrogens is 270 g/mol. The van der Waals surface area contributed by atoms with Crippen molar-refractivity contribution in [2.75, 3.05) is 32.8 Å². The van der Waals surface area contributed by atoms with E-state index >= 15 is 0 Å². The number of carbonyl (C=O) groups is 1. The van der Waals surface area contributed by atoms with E-state index < -0.39 is 0 Å². The molecule has 118 valence electrons. The molecule has 2 heterocycles. The minimum Gasteiger partial charge on any atom is -0.379 e. The Balaban J connectivity index is 1.83. The summed E-state index contributed by atoms with van der Waals surface area (Å²) in [7, 11) is 0. The predicted molar refractivity (Wildman–Crippen MR) is 79.3 cm³/mol. The molecule has 1 saturated heterocycles. The maximum Gasteiger partial charge on any atom is 0.273 e. The summed E-state index contributed by atoms with van der Waals surface area (Å²) >= 11 is 0. The lowest BCUT2D eigenvalue weighted by atomic mass is 10.1. The van der Waals surface area contributed by atoms with Gasteiger partial charge in [-0.05, 0) is 12.8 Å². The SMILES string of the molecule is CCCc1cc(C(=O)NC[C@H](CC)N2CCOCC2)no1. The Hall–Kier alpha value is -1.40. The van der Waals surface area contributed by atoms with Crippen LogP contribution in [0.15, 0.2) is 10.6 Å². The van der Waals surface area contributed by atoms with Gasteiger partial charge >= 0.3 is 0 Å². The van der Waals surface area contributed by atoms with Crippen LogP contribution in [0, 0.1) is 0 Å². The first-order valence-corrected chi connectivity index (χ1v) is 7.80. The van der Waals surface area contributed by atoms with Crippen molar-refractivity contribution in [2.24, 2.45) is 0 Å². The molecule has 1 N–H and O–H groups in total. The molecular formula is C15H25N3O3. The average Bonchev–Trinajstić information content (AvgIpc) is 2.98. The van der Waals surface area contributed by atoms with E-state index in [0.29, 0.717) is 18.3 Å². The van der Waals surface area contributed by atoms with Gasteiger partial charge in [0.1, 0.15) is 5.76 Å². The van der Waals surface area contributed by atoms with Gasteiger partial charge in [-0.25, -0.2) is 0 Å². The smallest absolute Gasteiger partial charge is 0.273 e. The van der Waals surface area contributed by atoms with Crippen molar-refractivity contribution in [3.8, 4) is 0 Å². The second-order valence-electron chi connectivity index (χ2n) is 5.35. The third kappa shape index (κ3) is 4.54. The van der Waals surface area contributed by atoms with Gasteiger partial charge in [-0.15, -0.1) is 0 Å². The van der Waals surface area contributed by atoms with Crippen LogP contribution < -0.4 is 5.32 Å². The monoisotopic (exact) mass is 295 g/mol. The van der Waals surface area contributed by atoms with Gasteiger partial charge in [-0.3, -0.25) is 9.69 Å². The molecule has 0 spiro atoms. The van der Waals surface area contributed by atoms with Crippen molar-refractivity contribution >= 4 is 5.91 Å². The highest BCUT2D eigenvalue weighted by Gasteiger charge is 2.21. The first kappa shape index (κ1) is 16.0. The van der Waals surface area contributed by atoms with Crippen LogP contribution in [0.2, 0.25) is 0 Å². The van der Waals surface area contributed by atoms with E-state index in [2.05, 4.69) is 29.2 Å². The number of hydrogen-bond donors (Lipinski definition) is 1. The van der Waals surface area contributed by atoms with Crippen LogP contribution in [0.5, 0.6) is 0 Å². The molecule has 1 atom stereocenters. The Bertz CT molecular complexity index is 441. The first-order chi connectivity index (χ1) is 10.2. The topological polar surface area (TPSA) is 67.6 Å². The van der Waals surface area contributed by atoms with Crippen LogP contribution in [-0.2, 0) is 11.2 Å². The number of morpholine rings is 1. The van der Waals surface area contributed by atoms with E-state index in [0.717, 1.165) is 51.3 Å². The van der Waals surface area contributed by atoms with Gasteiger partial charge in [0, 0.05) is 38.2 Å². The molecule has 0 saturated carbocycles. The van der Waals surface area contributed by atoms with Gasteiger partial charge in [0.05, 0.1) is 13.2 Å². The summed E-state index contributed by atoms with van der Waals surface area (Å²) in [5.74, 6) is 0.607. The molecule has 1 fully saturated rings. The molecule has 6 nitrogen and oxygen atoms in total. The summed E-state index contributed by atoms with van der Waals surface area (Å²) < 4.78 is 10.5. The van der Waals surface area contributed by atoms with Gasteiger partial charge < -0.3 is 14.6 Å². The maximum absolute atomic E-state index is 12.1. The van der Waals surface area contributed by atoms with Gasteiger partial charge in [-0.1, -0.05) is 19.0 Å². The minimum atomic E-state index is -0.159. The van der Waals surface area contributed by atoms with Crippen LogP contribution in [-0.4, -0.2) is 54.9 Å². The lowest BCUT2D eigenvalue weighted by Gasteiger charge is -2.33. The summed E-state index contributed by atoms with van der Waals surface area (Å²) in [5, 5.41) is 6.79. The van der Waals surface area contributed by atoms with Crippen molar-refractivity contribution in [2.45, 2.75) is 39.2 Å². The van der Waals surface area contributed by atoms with Gasteiger partial charge in [-0.2, -0.15) is 0 Å². The molecule has 1 amide bonds. The standard InChI is InChI=1S/C15H25N3O3/c1-3-5-13-10-14(17-21-13)15(19)16-11-12(4-2)18-6-8-20-9-7-18/h10,12H,3-9,11H2,1-2H3,(H,16,19)/t12-/m0/s1. The van der Waals surface area contributed by atoms with E-state index in [9.17, 15) is 4.79 Å². The molecule has 2 rings (SSSR count). The molecule has 1 aromatic heterocycles. The summed E-state index contributed by atoms with van der Waals surface area (Å²) in [6, 6.07) is 2.08. The number of hydrogen-bond acceptors (Lipinski definition) is 5. The summed E-state index contributed by atoms with van der Waals surface area (Å²) in [6.45, 7) is 8.24. The molecule has 0 bridgehead atoms. The van der Waals surface area contributed by atoms with E-state index in [1.165, 1.54) is 0 Å². The number of aromatic nitrogens is 1. The Morgan fingerprint density at radius 3 is 2.86 bits per heavy atom. The second kappa shape index (κ2) is 8.14. The number of rotatable bonds is 7. The largest absolute Gasteiger partial charge is 0.379 e. The van der Waals surface area contributed by atoms with E-state index in [1.807, 2.05) is 0 Å². The molecule has 1 aromatic rings. The molecule has 1 aliphatic rings. The van der Waals surface area contributed by atoms with E-state index in [4.69, 9.17) is 9.26 Å². The Labute approximate surface area is 125 Å². The molecule has 6 heteroatoms. The van der Waals surface area contributed by atoms with Gasteiger partial charge in [0.15, 0.2) is 5.69 Å². The quantitative estimate of drug-likeness (QED) is 0.825. The van der Waals surface area contributed by atoms with Crippen LogP contribution >= 0.6 is 0 Å². The zero-order valence-electron chi connectivity index (χ0n) is 12.9. The number of nitrogens with one attached hydrogen (secondary N) is 1. The number of aryl methyl sites for hydroxylation is 1. The fourth-order valence-corrected chi connectivity index (χ4v) is 2.56. The Morgan fingerprint density at radius 2 is 2.19 bits per heavy atom. The second-order valence-corrected chi connectivity index (χ2v) is 5.35. The Morgan fingerprint density at radius 1 is 1.43 bits per heavy atom. The predicted octanol–water partition coefficient (Wildman–Crippen LogP) is 1.47. The van der Waals surface area contributed by atoms with Gasteiger partial charge in [0.2, 0.25) is 0 Å². The van der Waals surface area contributed by atoms with Crippen molar-refractivity contribution in [3.05, 3.63) is 17.5 Å². The molecule has 1 aliphatic heterocycles. The zero-order valence-corrected chi connectivity index (χ0v) is 12.9. The number of ether oxygens (including phenoxy) is 1. The number of carbonyl (C=O) groups excluding carboxylic acids is 1. The third-order valence-corrected chi connectivity index (χ3v) is 3.82. The highest BCUT2D eigenvalue weighted by Crippen LogP contribution is 2.08. The normalized spacial score (nSPS) is 17.6. The molecule has 0 radical (unpaired) electrons. The first-order valence-electron chi connectivity index (χ1n) is 7.80. The third-order valence-electron chi connectivity index (χ3n) is 3.82. The van der Waals surface area contributed by atoms with Crippen LogP contribution in [0.4, 0.5) is 0 Å². The lowest BCUT2D eigenvalue weighted by Crippen LogP contribution is -2.48. The summed E-state index contributed by atoms with van der Waals surface area (Å²) in [5.41, 5.74) is 0.371. The number of amides is 1. The summed E-state index contributed by atoms with van der Waals surface area (Å²) in [6.07, 6.45) is 2.79. The van der Waals surface area contributed by atoms with Crippen LogP contribution in [0.3, 0.4) is 0 Å². The Kier molecular flexibility index (Phi) is 6.20. The van der Waals surface area contributed by atoms with Crippen LogP contribution in [0.1, 0.15) is 42.9 Å². The van der Waals surface area contributed by atoms with Crippen LogP contribution in [0.25, 0.3) is 0 Å². The van der Waals surface area contributed by atoms with E-state index in [1.54, 1.807) is 6.07 Å². The molecule has 0 aromatic carbocycles. The lowest BCUT2D eigenvalue weighted by molar-refractivity contribution is 0.0159. The zero-order chi connectivity index (χ0) is 15.1. The number of nitrogens with zero attached hydrogens (tertiary/aromatic N) is 2. The van der Waals surface area contributed by atoms with Crippen molar-refractivity contribution in [1.82, 2.24) is 15.4 Å². The van der Waals surface area contributed by atoms with E-state index in [-0.39, 0.29) is 5.91 Å². The average molecular weight is 295 g/mol. The fourth-order valence-electron chi connectivity index (χ4n) is 2.56. The highest BCUT2D eigenvalue weighted by molar-refractivity contribution is 5.92. The molecule has 0 unspecified atom stereocenters. The van der Waals surface area contributed by atoms with Crippen molar-refractivity contribution < 1.29 is 14.1 Å². The van der Waals surface area contributed by atoms with Crippen molar-refractivity contribution in [1.29, 1.82) is 0 Å². The minimum absolute atomic E-state index is 0.159. The maximum atomic E-state index is 12.1. The molecule has 21 heavy (non-hydrogen) atoms. The fraction of sp³-hybridized carbons (Fsp3) is 0.733. The molecule has 0 aliphatic carbocycles. The van der Waals surface area contributed by atoms with Crippen molar-refractivity contribution in [3.63, 3.8) is 0 Å². The highest BCUT2D eigenvalue weighted by atomic mass is 16.5. The summed E-state index contributed by atoms with van der Waals surface area (Å²) in [4.78, 5) is 14.5.